The van der Waals surface area contributed by atoms with Gasteiger partial charge in [0.15, 0.2) is 5.69 Å². The van der Waals surface area contributed by atoms with Crippen LogP contribution in [0.2, 0.25) is 0 Å². The third-order valence-electron chi connectivity index (χ3n) is 2.58. The lowest BCUT2D eigenvalue weighted by molar-refractivity contribution is -0.596. The Morgan fingerprint density at radius 1 is 1.11 bits per heavy atom. The van der Waals surface area contributed by atoms with Crippen molar-refractivity contribution < 1.29 is 9.12 Å². The minimum absolute atomic E-state index is 0.265. The SMILES string of the molecule is [O-][n+]1cc(-c2ccc(F)cc2)nnc1-c1cccs1. The van der Waals surface area contributed by atoms with Crippen molar-refractivity contribution in [2.24, 2.45) is 0 Å². The fraction of sp³-hybridized carbons (Fsp3) is 0. The molecule has 3 aromatic rings. The molecule has 6 heteroatoms. The van der Waals surface area contributed by atoms with Crippen molar-refractivity contribution in [1.29, 1.82) is 0 Å². The van der Waals surface area contributed by atoms with Crippen LogP contribution in [0.15, 0.2) is 48.0 Å². The molecule has 0 N–H and O–H groups in total. The van der Waals surface area contributed by atoms with Crippen LogP contribution in [0.3, 0.4) is 0 Å². The first-order valence-electron chi connectivity index (χ1n) is 5.51. The molecule has 0 aliphatic rings. The molecule has 0 amide bonds. The molecule has 0 aliphatic heterocycles. The summed E-state index contributed by atoms with van der Waals surface area (Å²) in [5, 5.41) is 21.7. The monoisotopic (exact) mass is 273 g/mol. The number of aromatic nitrogens is 3. The van der Waals surface area contributed by atoms with E-state index in [1.807, 2.05) is 11.4 Å². The highest BCUT2D eigenvalue weighted by atomic mass is 32.1. The predicted molar refractivity (Wildman–Crippen MR) is 69.7 cm³/mol. The van der Waals surface area contributed by atoms with Gasteiger partial charge in [0, 0.05) is 5.56 Å². The fourth-order valence-electron chi connectivity index (χ4n) is 1.66. The van der Waals surface area contributed by atoms with Crippen molar-refractivity contribution >= 4 is 11.3 Å². The summed E-state index contributed by atoms with van der Waals surface area (Å²) in [5.41, 5.74) is 1.06. The van der Waals surface area contributed by atoms with Gasteiger partial charge in [-0.15, -0.1) is 11.3 Å². The Labute approximate surface area is 112 Å². The number of rotatable bonds is 2. The third kappa shape index (κ3) is 2.30. The summed E-state index contributed by atoms with van der Waals surface area (Å²) in [4.78, 5) is 0.758. The molecule has 0 saturated carbocycles. The molecule has 0 saturated heterocycles. The summed E-state index contributed by atoms with van der Waals surface area (Å²) < 4.78 is 13.5. The van der Waals surface area contributed by atoms with Gasteiger partial charge in [-0.3, -0.25) is 0 Å². The lowest BCUT2D eigenvalue weighted by atomic mass is 10.2. The zero-order valence-corrected chi connectivity index (χ0v) is 10.5. The van der Waals surface area contributed by atoms with Gasteiger partial charge < -0.3 is 5.21 Å². The van der Waals surface area contributed by atoms with E-state index in [9.17, 15) is 9.60 Å². The average molecular weight is 273 g/mol. The third-order valence-corrected chi connectivity index (χ3v) is 3.45. The van der Waals surface area contributed by atoms with E-state index >= 15 is 0 Å². The molecule has 3 rings (SSSR count). The van der Waals surface area contributed by atoms with Crippen LogP contribution in [0.5, 0.6) is 0 Å². The number of thiophene rings is 1. The molecule has 19 heavy (non-hydrogen) atoms. The van der Waals surface area contributed by atoms with Gasteiger partial charge in [-0.2, -0.15) is 0 Å². The van der Waals surface area contributed by atoms with E-state index in [2.05, 4.69) is 10.2 Å². The van der Waals surface area contributed by atoms with Gasteiger partial charge >= 0.3 is 5.82 Å². The average Bonchev–Trinajstić information content (AvgIpc) is 2.93. The first-order valence-corrected chi connectivity index (χ1v) is 6.39. The summed E-state index contributed by atoms with van der Waals surface area (Å²) in [6.07, 6.45) is 1.34. The minimum atomic E-state index is -0.332. The van der Waals surface area contributed by atoms with E-state index in [0.717, 1.165) is 4.88 Å². The van der Waals surface area contributed by atoms with Gasteiger partial charge in [0.2, 0.25) is 0 Å². The Balaban J connectivity index is 2.02. The van der Waals surface area contributed by atoms with Crippen molar-refractivity contribution in [3.05, 3.63) is 59.0 Å². The van der Waals surface area contributed by atoms with E-state index in [0.29, 0.717) is 16.0 Å². The van der Waals surface area contributed by atoms with Crippen LogP contribution in [0.25, 0.3) is 22.0 Å². The summed E-state index contributed by atoms with van der Waals surface area (Å²) in [5.74, 6) is -0.0669. The molecule has 0 atom stereocenters. The number of hydrogen-bond acceptors (Lipinski definition) is 4. The smallest absolute Gasteiger partial charge is 0.370 e. The van der Waals surface area contributed by atoms with E-state index in [1.54, 1.807) is 18.2 Å². The standard InChI is InChI=1S/C13H8FN3OS/c14-10-5-3-9(4-6-10)11-8-17(18)13(16-15-11)12-2-1-7-19-12/h1-8H. The molecule has 0 unspecified atom stereocenters. The molecule has 4 nitrogen and oxygen atoms in total. The molecule has 0 bridgehead atoms. The Kier molecular flexibility index (Phi) is 2.92. The van der Waals surface area contributed by atoms with Gasteiger partial charge in [-0.25, -0.2) is 9.12 Å². The van der Waals surface area contributed by atoms with Gasteiger partial charge in [-0.05, 0) is 40.8 Å². The second-order valence-corrected chi connectivity index (χ2v) is 4.80. The molecule has 0 fully saturated rings. The zero-order chi connectivity index (χ0) is 13.2. The quantitative estimate of drug-likeness (QED) is 0.533. The number of halogens is 1. The maximum atomic E-state index is 12.8. The molecule has 94 valence electrons. The van der Waals surface area contributed by atoms with Gasteiger partial charge in [0.25, 0.3) is 0 Å². The van der Waals surface area contributed by atoms with E-state index in [4.69, 9.17) is 0 Å². The molecule has 0 aliphatic carbocycles. The number of hydrogen-bond donors (Lipinski definition) is 0. The lowest BCUT2D eigenvalue weighted by Crippen LogP contribution is -2.30. The van der Waals surface area contributed by atoms with Crippen molar-refractivity contribution in [2.45, 2.75) is 0 Å². The fourth-order valence-corrected chi connectivity index (χ4v) is 2.36. The Morgan fingerprint density at radius 3 is 2.53 bits per heavy atom. The Bertz CT molecular complexity index is 698. The summed E-state index contributed by atoms with van der Waals surface area (Å²) >= 11 is 1.42. The van der Waals surface area contributed by atoms with Crippen molar-refractivity contribution in [3.8, 4) is 22.0 Å². The zero-order valence-electron chi connectivity index (χ0n) is 9.65. The molecule has 2 heterocycles. The second-order valence-electron chi connectivity index (χ2n) is 3.85. The van der Waals surface area contributed by atoms with Crippen LogP contribution < -0.4 is 4.73 Å². The van der Waals surface area contributed by atoms with Crippen LogP contribution in [0, 0.1) is 11.0 Å². The van der Waals surface area contributed by atoms with E-state index in [-0.39, 0.29) is 11.6 Å². The molecular weight excluding hydrogens is 265 g/mol. The molecule has 1 aromatic carbocycles. The van der Waals surface area contributed by atoms with Crippen LogP contribution in [-0.2, 0) is 0 Å². The molecule has 2 aromatic heterocycles. The Hall–Kier alpha value is -2.34. The Morgan fingerprint density at radius 2 is 1.89 bits per heavy atom. The van der Waals surface area contributed by atoms with Gasteiger partial charge in [0.1, 0.15) is 16.9 Å². The predicted octanol–water partition coefficient (Wildman–Crippen LogP) is 2.64. The molecule has 0 radical (unpaired) electrons. The van der Waals surface area contributed by atoms with Gasteiger partial charge in [0.05, 0.1) is 5.10 Å². The minimum Gasteiger partial charge on any atom is -0.710 e. The number of nitrogens with zero attached hydrogens (tertiary/aromatic N) is 3. The maximum absolute atomic E-state index is 12.8. The van der Waals surface area contributed by atoms with Crippen molar-refractivity contribution in [2.75, 3.05) is 0 Å². The summed E-state index contributed by atoms with van der Waals surface area (Å²) in [7, 11) is 0. The van der Waals surface area contributed by atoms with Crippen molar-refractivity contribution in [1.82, 2.24) is 10.2 Å². The second kappa shape index (κ2) is 4.74. The molecular formula is C13H8FN3OS. The highest BCUT2D eigenvalue weighted by Crippen LogP contribution is 2.20. The first-order chi connectivity index (χ1) is 9.24. The summed E-state index contributed by atoms with van der Waals surface area (Å²) in [6.45, 7) is 0. The first kappa shape index (κ1) is 11.7. The van der Waals surface area contributed by atoms with Gasteiger partial charge in [-0.1, -0.05) is 6.07 Å². The lowest BCUT2D eigenvalue weighted by Gasteiger charge is -2.05. The normalized spacial score (nSPS) is 10.6. The van der Waals surface area contributed by atoms with Crippen LogP contribution >= 0.6 is 11.3 Å². The maximum Gasteiger partial charge on any atom is 0.370 e. The van der Waals surface area contributed by atoms with Crippen LogP contribution in [0.1, 0.15) is 0 Å². The largest absolute Gasteiger partial charge is 0.710 e. The van der Waals surface area contributed by atoms with Crippen LogP contribution in [-0.4, -0.2) is 10.2 Å². The highest BCUT2D eigenvalue weighted by molar-refractivity contribution is 7.13. The highest BCUT2D eigenvalue weighted by Gasteiger charge is 2.15. The van der Waals surface area contributed by atoms with Crippen molar-refractivity contribution in [3.63, 3.8) is 0 Å². The van der Waals surface area contributed by atoms with E-state index in [1.165, 1.54) is 29.7 Å². The molecule has 0 spiro atoms. The van der Waals surface area contributed by atoms with Crippen LogP contribution in [0.4, 0.5) is 4.39 Å². The summed E-state index contributed by atoms with van der Waals surface area (Å²) in [6, 6.07) is 9.41. The number of benzene rings is 1. The van der Waals surface area contributed by atoms with E-state index < -0.39 is 0 Å². The topological polar surface area (TPSA) is 52.7 Å².